The molecule has 0 unspecified atom stereocenters. The molecule has 0 aliphatic heterocycles. The fraction of sp³-hybridized carbons (Fsp3) is 0.542. The van der Waals surface area contributed by atoms with Crippen molar-refractivity contribution >= 4 is 28.5 Å². The smallest absolute Gasteiger partial charge is 0.303 e. The summed E-state index contributed by atoms with van der Waals surface area (Å²) in [5.74, 6) is -1.42. The zero-order valence-electron chi connectivity index (χ0n) is 18.3. The van der Waals surface area contributed by atoms with E-state index in [1.165, 1.54) is 6.07 Å². The summed E-state index contributed by atoms with van der Waals surface area (Å²) >= 11 is 0. The van der Waals surface area contributed by atoms with Crippen LogP contribution in [-0.2, 0) is 4.79 Å². The van der Waals surface area contributed by atoms with Gasteiger partial charge in [-0.05, 0) is 57.1 Å². The molecule has 8 heteroatoms. The van der Waals surface area contributed by atoms with Crippen molar-refractivity contribution in [2.24, 2.45) is 5.92 Å². The highest BCUT2D eigenvalue weighted by atomic mass is 19.1. The molecular weight excluding hydrogens is 413 g/mol. The minimum atomic E-state index is -0.943. The van der Waals surface area contributed by atoms with E-state index in [0.29, 0.717) is 23.7 Å². The third-order valence-electron chi connectivity index (χ3n) is 6.53. The van der Waals surface area contributed by atoms with E-state index >= 15 is 0 Å². The number of hydrogen-bond donors (Lipinski definition) is 3. The lowest BCUT2D eigenvalue weighted by atomic mass is 10.1. The number of carboxylic acids is 1. The number of aliphatic carboxylic acids is 1. The van der Waals surface area contributed by atoms with Crippen molar-refractivity contribution in [3.05, 3.63) is 39.9 Å². The molecule has 1 aromatic carbocycles. The number of fused-ring (bicyclic) bond motifs is 1. The van der Waals surface area contributed by atoms with Gasteiger partial charge >= 0.3 is 5.97 Å². The number of aromatic nitrogens is 1. The highest BCUT2D eigenvalue weighted by Crippen LogP contribution is 2.34. The summed E-state index contributed by atoms with van der Waals surface area (Å²) in [4.78, 5) is 36.9. The standard InChI is InChI=1S/C24H30FN3O4/c1-14(6-9-22(29)30)27-24(32)18-13-28(16-4-2-3-5-16)21-11-20(26-12-15-7-8-15)19(25)10-17(21)23(18)31/h10-11,13-16,26H,2-9,12H2,1H3,(H,27,32)(H,29,30)/t14-/m1/s1. The van der Waals surface area contributed by atoms with Crippen molar-refractivity contribution in [1.82, 2.24) is 9.88 Å². The van der Waals surface area contributed by atoms with Crippen LogP contribution in [-0.4, -0.2) is 34.1 Å². The van der Waals surface area contributed by atoms with Gasteiger partial charge in [0.05, 0.1) is 11.2 Å². The van der Waals surface area contributed by atoms with Gasteiger partial charge in [0.15, 0.2) is 0 Å². The Labute approximate surface area is 186 Å². The first kappa shape index (κ1) is 22.3. The van der Waals surface area contributed by atoms with Crippen LogP contribution in [0.4, 0.5) is 10.1 Å². The molecule has 2 aromatic rings. The summed E-state index contributed by atoms with van der Waals surface area (Å²) in [5, 5.41) is 14.9. The van der Waals surface area contributed by atoms with Gasteiger partial charge in [0.25, 0.3) is 5.91 Å². The van der Waals surface area contributed by atoms with Crippen molar-refractivity contribution < 1.29 is 19.1 Å². The largest absolute Gasteiger partial charge is 0.481 e. The Kier molecular flexibility index (Phi) is 6.48. The average Bonchev–Trinajstić information content (AvgIpc) is 3.42. The monoisotopic (exact) mass is 443 g/mol. The Hall–Kier alpha value is -2.90. The third-order valence-corrected chi connectivity index (χ3v) is 6.53. The molecule has 3 N–H and O–H groups in total. The van der Waals surface area contributed by atoms with Gasteiger partial charge in [-0.3, -0.25) is 14.4 Å². The van der Waals surface area contributed by atoms with E-state index in [9.17, 15) is 18.8 Å². The molecule has 2 aliphatic carbocycles. The maximum absolute atomic E-state index is 14.8. The van der Waals surface area contributed by atoms with Crippen LogP contribution in [0.25, 0.3) is 10.9 Å². The molecule has 0 spiro atoms. The van der Waals surface area contributed by atoms with Crippen LogP contribution in [0, 0.1) is 11.7 Å². The molecular formula is C24H30FN3O4. The number of amides is 1. The summed E-state index contributed by atoms with van der Waals surface area (Å²) in [6.07, 6.45) is 8.11. The molecule has 172 valence electrons. The number of nitrogens with one attached hydrogen (secondary N) is 2. The van der Waals surface area contributed by atoms with Crippen molar-refractivity contribution in [3.8, 4) is 0 Å². The van der Waals surface area contributed by atoms with Crippen LogP contribution in [0.5, 0.6) is 0 Å². The normalized spacial score (nSPS) is 17.4. The Morgan fingerprint density at radius 2 is 1.94 bits per heavy atom. The second kappa shape index (κ2) is 9.30. The van der Waals surface area contributed by atoms with Crippen LogP contribution in [0.1, 0.15) is 74.7 Å². The highest BCUT2D eigenvalue weighted by molar-refractivity contribution is 5.98. The van der Waals surface area contributed by atoms with Crippen LogP contribution in [0.15, 0.2) is 23.1 Å². The number of nitrogens with zero attached hydrogens (tertiary/aromatic N) is 1. The molecule has 0 radical (unpaired) electrons. The van der Waals surface area contributed by atoms with E-state index in [-0.39, 0.29) is 29.8 Å². The Morgan fingerprint density at radius 3 is 2.59 bits per heavy atom. The molecule has 0 bridgehead atoms. The van der Waals surface area contributed by atoms with E-state index < -0.39 is 29.2 Å². The quantitative estimate of drug-likeness (QED) is 0.543. The van der Waals surface area contributed by atoms with Gasteiger partial charge in [0.2, 0.25) is 5.43 Å². The molecule has 1 amide bonds. The summed E-state index contributed by atoms with van der Waals surface area (Å²) in [5.41, 5.74) is 0.474. The Morgan fingerprint density at radius 1 is 1.22 bits per heavy atom. The molecule has 2 fully saturated rings. The van der Waals surface area contributed by atoms with E-state index in [4.69, 9.17) is 5.11 Å². The first-order valence-corrected chi connectivity index (χ1v) is 11.5. The van der Waals surface area contributed by atoms with E-state index in [1.54, 1.807) is 19.2 Å². The van der Waals surface area contributed by atoms with E-state index in [2.05, 4.69) is 10.6 Å². The highest BCUT2D eigenvalue weighted by Gasteiger charge is 2.25. The number of carbonyl (C=O) groups excluding carboxylic acids is 1. The lowest BCUT2D eigenvalue weighted by molar-refractivity contribution is -0.137. The van der Waals surface area contributed by atoms with Gasteiger partial charge in [0, 0.05) is 36.6 Å². The minimum absolute atomic E-state index is 0.0373. The maximum Gasteiger partial charge on any atom is 0.303 e. The second-order valence-corrected chi connectivity index (χ2v) is 9.20. The zero-order valence-corrected chi connectivity index (χ0v) is 18.3. The first-order chi connectivity index (χ1) is 15.3. The SMILES string of the molecule is C[C@H](CCC(=O)O)NC(=O)c1cn(C2CCCC2)c2cc(NCC3CC3)c(F)cc2c1=O. The molecule has 1 heterocycles. The molecule has 0 saturated heterocycles. The number of anilines is 1. The average molecular weight is 444 g/mol. The van der Waals surface area contributed by atoms with Gasteiger partial charge in [-0.15, -0.1) is 0 Å². The minimum Gasteiger partial charge on any atom is -0.481 e. The maximum atomic E-state index is 14.8. The van der Waals surface area contributed by atoms with E-state index in [1.807, 2.05) is 4.57 Å². The number of carboxylic acid groups (broad SMARTS) is 1. The number of hydrogen-bond acceptors (Lipinski definition) is 4. The topological polar surface area (TPSA) is 100 Å². The van der Waals surface area contributed by atoms with Gasteiger partial charge in [-0.25, -0.2) is 4.39 Å². The lowest BCUT2D eigenvalue weighted by Crippen LogP contribution is -2.36. The molecule has 32 heavy (non-hydrogen) atoms. The predicted octanol–water partition coefficient (Wildman–Crippen LogP) is 4.06. The fourth-order valence-electron chi connectivity index (χ4n) is 4.44. The molecule has 7 nitrogen and oxygen atoms in total. The van der Waals surface area contributed by atoms with Gasteiger partial charge in [-0.1, -0.05) is 12.8 Å². The molecule has 2 aliphatic rings. The number of pyridine rings is 1. The fourth-order valence-corrected chi connectivity index (χ4v) is 4.44. The van der Waals surface area contributed by atoms with Gasteiger partial charge < -0.3 is 20.3 Å². The zero-order chi connectivity index (χ0) is 22.8. The number of carbonyl (C=O) groups is 2. The lowest BCUT2D eigenvalue weighted by Gasteiger charge is -2.21. The summed E-state index contributed by atoms with van der Waals surface area (Å²) in [7, 11) is 0. The Bertz CT molecular complexity index is 1090. The predicted molar refractivity (Wildman–Crippen MR) is 121 cm³/mol. The number of halogens is 1. The summed E-state index contributed by atoms with van der Waals surface area (Å²) < 4.78 is 16.8. The van der Waals surface area contributed by atoms with Crippen LogP contribution < -0.4 is 16.1 Å². The van der Waals surface area contributed by atoms with Crippen molar-refractivity contribution in [1.29, 1.82) is 0 Å². The number of rotatable bonds is 9. The molecule has 4 rings (SSSR count). The second-order valence-electron chi connectivity index (χ2n) is 9.20. The van der Waals surface area contributed by atoms with Crippen LogP contribution in [0.3, 0.4) is 0 Å². The van der Waals surface area contributed by atoms with Crippen LogP contribution >= 0.6 is 0 Å². The molecule has 1 atom stereocenters. The van der Waals surface area contributed by atoms with Gasteiger partial charge in [-0.2, -0.15) is 0 Å². The number of benzene rings is 1. The summed E-state index contributed by atoms with van der Waals surface area (Å²) in [6.45, 7) is 2.42. The van der Waals surface area contributed by atoms with E-state index in [0.717, 1.165) is 38.5 Å². The van der Waals surface area contributed by atoms with Crippen molar-refractivity contribution in [3.63, 3.8) is 0 Å². The Balaban J connectivity index is 1.71. The molecule has 1 aromatic heterocycles. The third kappa shape index (κ3) is 4.95. The first-order valence-electron chi connectivity index (χ1n) is 11.5. The van der Waals surface area contributed by atoms with Gasteiger partial charge in [0.1, 0.15) is 11.4 Å². The van der Waals surface area contributed by atoms with Crippen LogP contribution in [0.2, 0.25) is 0 Å². The van der Waals surface area contributed by atoms with Crippen molar-refractivity contribution in [2.45, 2.75) is 70.4 Å². The summed E-state index contributed by atoms with van der Waals surface area (Å²) in [6, 6.07) is 2.68. The van der Waals surface area contributed by atoms with Crippen molar-refractivity contribution in [2.75, 3.05) is 11.9 Å². The molecule has 2 saturated carbocycles.